The molecule has 1 unspecified atom stereocenters. The lowest BCUT2D eigenvalue weighted by molar-refractivity contribution is 0.209. The van der Waals surface area contributed by atoms with Gasteiger partial charge in [0.25, 0.3) is 0 Å². The van der Waals surface area contributed by atoms with Crippen LogP contribution in [0.25, 0.3) is 0 Å². The van der Waals surface area contributed by atoms with Gasteiger partial charge < -0.3 is 5.11 Å². The average molecular weight is 228 g/mol. The molecule has 0 amide bonds. The lowest BCUT2D eigenvalue weighted by Gasteiger charge is -2.08. The summed E-state index contributed by atoms with van der Waals surface area (Å²) in [6, 6.07) is 2.99. The van der Waals surface area contributed by atoms with Crippen LogP contribution in [-0.4, -0.2) is 14.7 Å². The summed E-state index contributed by atoms with van der Waals surface area (Å²) in [4.78, 5) is 0. The summed E-state index contributed by atoms with van der Waals surface area (Å²) in [5, 5.41) is 14.8. The molecule has 2 rings (SSSR count). The number of halogens is 2. The van der Waals surface area contributed by atoms with Crippen molar-refractivity contribution in [3.8, 4) is 0 Å². The molecule has 0 aliphatic heterocycles. The summed E-state index contributed by atoms with van der Waals surface area (Å²) in [6.07, 6.45) is -1.20. The third-order valence-corrected chi connectivity index (χ3v) is 2.44. The van der Waals surface area contributed by atoms with Crippen LogP contribution in [0.5, 0.6) is 0 Å². The summed E-state index contributed by atoms with van der Waals surface area (Å²) in [7, 11) is 0. The minimum Gasteiger partial charge on any atom is -0.382 e. The molecule has 6 heteroatoms. The Morgan fingerprint density at radius 1 is 1.33 bits per heavy atom. The first-order valence-corrected chi connectivity index (χ1v) is 4.92. The highest BCUT2D eigenvalue weighted by molar-refractivity contribution is 7.03. The Bertz CT molecular complexity index is 461. The van der Waals surface area contributed by atoms with Gasteiger partial charge in [-0.25, -0.2) is 8.78 Å². The van der Waals surface area contributed by atoms with Crippen LogP contribution in [0.15, 0.2) is 23.6 Å². The predicted molar refractivity (Wildman–Crippen MR) is 50.3 cm³/mol. The van der Waals surface area contributed by atoms with E-state index >= 15 is 0 Å². The standard InChI is InChI=1S/C9H6F2N2OS/c10-5-1-2-6(7(11)3-5)9(14)8-4-15-13-12-8/h1-4,9,14H. The second-order valence-corrected chi connectivity index (χ2v) is 3.51. The van der Waals surface area contributed by atoms with Crippen molar-refractivity contribution in [1.82, 2.24) is 9.59 Å². The number of hydrogen-bond donors (Lipinski definition) is 1. The van der Waals surface area contributed by atoms with Gasteiger partial charge in [-0.2, -0.15) is 0 Å². The normalized spacial score (nSPS) is 12.7. The van der Waals surface area contributed by atoms with E-state index in [1.165, 1.54) is 11.4 Å². The van der Waals surface area contributed by atoms with Gasteiger partial charge in [0.1, 0.15) is 23.4 Å². The van der Waals surface area contributed by atoms with Crippen LogP contribution in [0.1, 0.15) is 17.4 Å². The van der Waals surface area contributed by atoms with Crippen LogP contribution in [0.3, 0.4) is 0 Å². The first kappa shape index (κ1) is 10.1. The quantitative estimate of drug-likeness (QED) is 0.853. The fourth-order valence-corrected chi connectivity index (χ4v) is 1.65. The second kappa shape index (κ2) is 4.00. The largest absolute Gasteiger partial charge is 0.382 e. The lowest BCUT2D eigenvalue weighted by Crippen LogP contribution is -2.03. The summed E-state index contributed by atoms with van der Waals surface area (Å²) in [5.41, 5.74) is 0.245. The SMILES string of the molecule is OC(c1csnn1)c1ccc(F)cc1F. The Balaban J connectivity index is 2.38. The van der Waals surface area contributed by atoms with Crippen molar-refractivity contribution in [3.63, 3.8) is 0 Å². The molecule has 3 nitrogen and oxygen atoms in total. The predicted octanol–water partition coefficient (Wildman–Crippen LogP) is 1.90. The zero-order valence-corrected chi connectivity index (χ0v) is 8.21. The van der Waals surface area contributed by atoms with E-state index in [9.17, 15) is 13.9 Å². The Labute approximate surface area is 88.2 Å². The molecule has 2 aromatic rings. The molecule has 15 heavy (non-hydrogen) atoms. The molecule has 1 aromatic carbocycles. The van der Waals surface area contributed by atoms with Crippen LogP contribution in [-0.2, 0) is 0 Å². The number of aliphatic hydroxyl groups is 1. The first-order valence-electron chi connectivity index (χ1n) is 4.08. The van der Waals surface area contributed by atoms with Crippen LogP contribution in [0, 0.1) is 11.6 Å². The third-order valence-electron chi connectivity index (χ3n) is 1.91. The van der Waals surface area contributed by atoms with Gasteiger partial charge in [0.2, 0.25) is 0 Å². The number of aliphatic hydroxyl groups excluding tert-OH is 1. The molecular formula is C9H6F2N2OS. The van der Waals surface area contributed by atoms with Gasteiger partial charge in [-0.15, -0.1) is 5.10 Å². The van der Waals surface area contributed by atoms with Gasteiger partial charge in [-0.05, 0) is 17.6 Å². The van der Waals surface area contributed by atoms with Gasteiger partial charge >= 0.3 is 0 Å². The van der Waals surface area contributed by atoms with Crippen molar-refractivity contribution in [2.24, 2.45) is 0 Å². The smallest absolute Gasteiger partial charge is 0.132 e. The van der Waals surface area contributed by atoms with Crippen molar-refractivity contribution in [1.29, 1.82) is 0 Å². The fraction of sp³-hybridized carbons (Fsp3) is 0.111. The number of hydrogen-bond acceptors (Lipinski definition) is 4. The molecule has 0 aliphatic carbocycles. The second-order valence-electron chi connectivity index (χ2n) is 2.90. The summed E-state index contributed by atoms with van der Waals surface area (Å²) in [6.45, 7) is 0. The maximum Gasteiger partial charge on any atom is 0.132 e. The number of nitrogens with zero attached hydrogens (tertiary/aromatic N) is 2. The molecule has 0 spiro atoms. The Morgan fingerprint density at radius 2 is 2.13 bits per heavy atom. The van der Waals surface area contributed by atoms with E-state index in [1.807, 2.05) is 0 Å². The summed E-state index contributed by atoms with van der Waals surface area (Å²) in [5.74, 6) is -1.48. The molecule has 0 fully saturated rings. The molecule has 0 aliphatic rings. The number of aromatic nitrogens is 2. The zero-order chi connectivity index (χ0) is 10.8. The van der Waals surface area contributed by atoms with Crippen molar-refractivity contribution in [2.45, 2.75) is 6.10 Å². The Morgan fingerprint density at radius 3 is 2.73 bits per heavy atom. The lowest BCUT2D eigenvalue weighted by atomic mass is 10.1. The Hall–Kier alpha value is -1.40. The fourth-order valence-electron chi connectivity index (χ4n) is 1.17. The maximum atomic E-state index is 13.2. The monoisotopic (exact) mass is 228 g/mol. The molecule has 0 saturated heterocycles. The van der Waals surface area contributed by atoms with E-state index in [2.05, 4.69) is 9.59 Å². The zero-order valence-electron chi connectivity index (χ0n) is 7.39. The van der Waals surface area contributed by atoms with E-state index in [-0.39, 0.29) is 11.3 Å². The first-order chi connectivity index (χ1) is 7.18. The molecule has 0 saturated carbocycles. The summed E-state index contributed by atoms with van der Waals surface area (Å²) >= 11 is 1.05. The van der Waals surface area contributed by atoms with Crippen LogP contribution < -0.4 is 0 Å². The molecule has 78 valence electrons. The van der Waals surface area contributed by atoms with Gasteiger partial charge in [0.15, 0.2) is 0 Å². The average Bonchev–Trinajstić information content (AvgIpc) is 2.69. The van der Waals surface area contributed by atoms with Gasteiger partial charge in [-0.3, -0.25) is 0 Å². The maximum absolute atomic E-state index is 13.2. The van der Waals surface area contributed by atoms with Gasteiger partial charge in [0, 0.05) is 17.0 Å². The van der Waals surface area contributed by atoms with Crippen LogP contribution >= 0.6 is 11.5 Å². The molecule has 1 N–H and O–H groups in total. The minimum absolute atomic E-state index is 0.0101. The molecule has 0 bridgehead atoms. The van der Waals surface area contributed by atoms with Gasteiger partial charge in [-0.1, -0.05) is 10.6 Å². The van der Waals surface area contributed by atoms with Crippen molar-refractivity contribution < 1.29 is 13.9 Å². The highest BCUT2D eigenvalue weighted by Gasteiger charge is 2.17. The summed E-state index contributed by atoms with van der Waals surface area (Å²) < 4.78 is 29.4. The van der Waals surface area contributed by atoms with E-state index in [4.69, 9.17) is 0 Å². The highest BCUT2D eigenvalue weighted by Crippen LogP contribution is 2.23. The van der Waals surface area contributed by atoms with Crippen LogP contribution in [0.4, 0.5) is 8.78 Å². The molecule has 1 heterocycles. The van der Waals surface area contributed by atoms with E-state index in [1.54, 1.807) is 0 Å². The van der Waals surface area contributed by atoms with Crippen molar-refractivity contribution in [2.75, 3.05) is 0 Å². The van der Waals surface area contributed by atoms with Crippen molar-refractivity contribution in [3.05, 3.63) is 46.5 Å². The van der Waals surface area contributed by atoms with Gasteiger partial charge in [0.05, 0.1) is 0 Å². The van der Waals surface area contributed by atoms with E-state index < -0.39 is 17.7 Å². The minimum atomic E-state index is -1.20. The topological polar surface area (TPSA) is 46.0 Å². The molecule has 1 atom stereocenters. The van der Waals surface area contributed by atoms with E-state index in [0.717, 1.165) is 23.7 Å². The molecular weight excluding hydrogens is 222 g/mol. The third kappa shape index (κ3) is 2.00. The van der Waals surface area contributed by atoms with Crippen molar-refractivity contribution >= 4 is 11.5 Å². The number of rotatable bonds is 2. The van der Waals surface area contributed by atoms with Crippen LogP contribution in [0.2, 0.25) is 0 Å². The molecule has 1 aromatic heterocycles. The Kier molecular flexibility index (Phi) is 2.70. The number of benzene rings is 1. The highest BCUT2D eigenvalue weighted by atomic mass is 32.1. The molecule has 0 radical (unpaired) electrons. The van der Waals surface area contributed by atoms with E-state index in [0.29, 0.717) is 0 Å².